The molecule has 1 saturated carbocycles. The van der Waals surface area contributed by atoms with Gasteiger partial charge < -0.3 is 9.47 Å². The molecule has 0 saturated heterocycles. The zero-order valence-corrected chi connectivity index (χ0v) is 12.4. The van der Waals surface area contributed by atoms with Crippen LogP contribution < -0.4 is 0 Å². The first kappa shape index (κ1) is 18.4. The Balaban J connectivity index is 0.000000367. The third-order valence-electron chi connectivity index (χ3n) is 2.91. The van der Waals surface area contributed by atoms with Crippen molar-refractivity contribution in [2.75, 3.05) is 6.61 Å². The minimum absolute atomic E-state index is 0.190. The van der Waals surface area contributed by atoms with Crippen LogP contribution in [0.5, 0.6) is 0 Å². The van der Waals surface area contributed by atoms with E-state index < -0.39 is 0 Å². The van der Waals surface area contributed by atoms with E-state index in [0.29, 0.717) is 6.61 Å². The molecule has 0 aromatic rings. The van der Waals surface area contributed by atoms with Gasteiger partial charge in [0, 0.05) is 12.2 Å². The van der Waals surface area contributed by atoms with E-state index in [-0.39, 0.29) is 18.0 Å². The molecule has 1 aliphatic rings. The van der Waals surface area contributed by atoms with Crippen LogP contribution in [-0.2, 0) is 19.1 Å². The van der Waals surface area contributed by atoms with Crippen LogP contribution in [0.4, 0.5) is 0 Å². The fourth-order valence-corrected chi connectivity index (χ4v) is 1.46. The van der Waals surface area contributed by atoms with Crippen molar-refractivity contribution in [2.45, 2.75) is 58.0 Å². The standard InChI is InChI=1S/C9H16O2.C7H10O2/c1-3-5-6-7-8-11-9(10)4-2;1-2-7(8)9-6-4-3-5-6/h4H,2-3,5-8H2,1H3;2,6H,1,3-5H2. The minimum atomic E-state index is -0.318. The smallest absolute Gasteiger partial charge is 0.330 e. The number of unbranched alkanes of at least 4 members (excludes halogenated alkanes) is 3. The molecule has 20 heavy (non-hydrogen) atoms. The molecule has 0 aliphatic heterocycles. The fraction of sp³-hybridized carbons (Fsp3) is 0.625. The summed E-state index contributed by atoms with van der Waals surface area (Å²) in [5, 5.41) is 0. The summed E-state index contributed by atoms with van der Waals surface area (Å²) >= 11 is 0. The van der Waals surface area contributed by atoms with Gasteiger partial charge in [0.1, 0.15) is 6.10 Å². The van der Waals surface area contributed by atoms with Gasteiger partial charge in [0.05, 0.1) is 6.61 Å². The predicted octanol–water partition coefficient (Wildman–Crippen LogP) is 3.56. The third kappa shape index (κ3) is 10.4. The highest BCUT2D eigenvalue weighted by Gasteiger charge is 2.19. The lowest BCUT2D eigenvalue weighted by molar-refractivity contribution is -0.146. The Hall–Kier alpha value is -1.58. The molecule has 0 aromatic heterocycles. The monoisotopic (exact) mass is 282 g/mol. The van der Waals surface area contributed by atoms with Gasteiger partial charge in [0.25, 0.3) is 0 Å². The van der Waals surface area contributed by atoms with Crippen molar-refractivity contribution < 1.29 is 19.1 Å². The lowest BCUT2D eigenvalue weighted by Crippen LogP contribution is -2.23. The van der Waals surface area contributed by atoms with E-state index in [1.54, 1.807) is 0 Å². The lowest BCUT2D eigenvalue weighted by Gasteiger charge is -2.24. The number of esters is 2. The van der Waals surface area contributed by atoms with Crippen molar-refractivity contribution in [3.05, 3.63) is 25.3 Å². The molecule has 0 amide bonds. The van der Waals surface area contributed by atoms with Crippen molar-refractivity contribution in [3.8, 4) is 0 Å². The van der Waals surface area contributed by atoms with E-state index in [4.69, 9.17) is 9.47 Å². The molecular formula is C16H26O4. The van der Waals surface area contributed by atoms with Crippen LogP contribution in [0.2, 0.25) is 0 Å². The maximum absolute atomic E-state index is 10.5. The molecular weight excluding hydrogens is 256 g/mol. The highest BCUT2D eigenvalue weighted by Crippen LogP contribution is 2.21. The van der Waals surface area contributed by atoms with E-state index in [1.807, 2.05) is 0 Å². The SMILES string of the molecule is C=CC(=O)OC1CCC1.C=CC(=O)OCCCCCC. The minimum Gasteiger partial charge on any atom is -0.463 e. The van der Waals surface area contributed by atoms with E-state index >= 15 is 0 Å². The highest BCUT2D eigenvalue weighted by atomic mass is 16.5. The Kier molecular flexibility index (Phi) is 11.5. The first-order chi connectivity index (χ1) is 9.63. The summed E-state index contributed by atoms with van der Waals surface area (Å²) in [4.78, 5) is 21.0. The molecule has 1 rings (SSSR count). The number of rotatable bonds is 8. The number of carbonyl (C=O) groups is 2. The van der Waals surface area contributed by atoms with Gasteiger partial charge in [-0.25, -0.2) is 9.59 Å². The van der Waals surface area contributed by atoms with Crippen molar-refractivity contribution in [1.82, 2.24) is 0 Å². The molecule has 4 nitrogen and oxygen atoms in total. The number of hydrogen-bond acceptors (Lipinski definition) is 4. The summed E-state index contributed by atoms with van der Waals surface area (Å²) in [5.74, 6) is -0.610. The molecule has 1 aliphatic carbocycles. The third-order valence-corrected chi connectivity index (χ3v) is 2.91. The Morgan fingerprint density at radius 3 is 2.20 bits per heavy atom. The van der Waals surface area contributed by atoms with Crippen molar-refractivity contribution in [3.63, 3.8) is 0 Å². The van der Waals surface area contributed by atoms with Gasteiger partial charge in [0.2, 0.25) is 0 Å². The second-order valence-corrected chi connectivity index (χ2v) is 4.63. The van der Waals surface area contributed by atoms with Crippen LogP contribution in [0.3, 0.4) is 0 Å². The largest absolute Gasteiger partial charge is 0.463 e. The molecule has 0 radical (unpaired) electrons. The average Bonchev–Trinajstić information content (AvgIpc) is 2.42. The van der Waals surface area contributed by atoms with Crippen LogP contribution in [0, 0.1) is 0 Å². The van der Waals surface area contributed by atoms with E-state index in [2.05, 4.69) is 20.1 Å². The molecule has 0 atom stereocenters. The van der Waals surface area contributed by atoms with Crippen LogP contribution in [0.15, 0.2) is 25.3 Å². The maximum Gasteiger partial charge on any atom is 0.330 e. The van der Waals surface area contributed by atoms with Crippen molar-refractivity contribution >= 4 is 11.9 Å². The Labute approximate surface area is 121 Å². The van der Waals surface area contributed by atoms with Crippen LogP contribution in [0.25, 0.3) is 0 Å². The van der Waals surface area contributed by atoms with Gasteiger partial charge in [-0.15, -0.1) is 0 Å². The quantitative estimate of drug-likeness (QED) is 0.388. The Morgan fingerprint density at radius 1 is 1.10 bits per heavy atom. The van der Waals surface area contributed by atoms with E-state index in [9.17, 15) is 9.59 Å². The maximum atomic E-state index is 10.5. The van der Waals surface area contributed by atoms with Crippen LogP contribution >= 0.6 is 0 Å². The normalized spacial score (nSPS) is 13.2. The molecule has 0 unspecified atom stereocenters. The predicted molar refractivity (Wildman–Crippen MR) is 79.2 cm³/mol. The highest BCUT2D eigenvalue weighted by molar-refractivity contribution is 5.81. The lowest BCUT2D eigenvalue weighted by atomic mass is 9.96. The average molecular weight is 282 g/mol. The van der Waals surface area contributed by atoms with Crippen molar-refractivity contribution in [2.24, 2.45) is 0 Å². The fourth-order valence-electron chi connectivity index (χ4n) is 1.46. The van der Waals surface area contributed by atoms with Gasteiger partial charge in [0.15, 0.2) is 0 Å². The summed E-state index contributed by atoms with van der Waals surface area (Å²) in [6.07, 6.45) is 10.4. The van der Waals surface area contributed by atoms with Crippen LogP contribution in [-0.4, -0.2) is 24.6 Å². The molecule has 4 heteroatoms. The summed E-state index contributed by atoms with van der Waals surface area (Å²) in [7, 11) is 0. The summed E-state index contributed by atoms with van der Waals surface area (Å²) < 4.78 is 9.66. The molecule has 0 bridgehead atoms. The van der Waals surface area contributed by atoms with E-state index in [0.717, 1.165) is 25.7 Å². The van der Waals surface area contributed by atoms with E-state index in [1.165, 1.54) is 31.4 Å². The molecule has 0 heterocycles. The first-order valence-electron chi connectivity index (χ1n) is 7.26. The Morgan fingerprint density at radius 2 is 1.75 bits per heavy atom. The number of hydrogen-bond donors (Lipinski definition) is 0. The first-order valence-corrected chi connectivity index (χ1v) is 7.26. The van der Waals surface area contributed by atoms with Crippen LogP contribution in [0.1, 0.15) is 51.9 Å². The van der Waals surface area contributed by atoms with Gasteiger partial charge >= 0.3 is 11.9 Å². The molecule has 1 fully saturated rings. The summed E-state index contributed by atoms with van der Waals surface area (Å²) in [6.45, 7) is 9.28. The summed E-state index contributed by atoms with van der Waals surface area (Å²) in [6, 6.07) is 0. The topological polar surface area (TPSA) is 52.6 Å². The molecule has 0 spiro atoms. The second-order valence-electron chi connectivity index (χ2n) is 4.63. The molecule has 114 valence electrons. The number of ether oxygens (including phenoxy) is 2. The summed E-state index contributed by atoms with van der Waals surface area (Å²) in [5.41, 5.74) is 0. The number of carbonyl (C=O) groups excluding carboxylic acids is 2. The molecule has 0 N–H and O–H groups in total. The van der Waals surface area contributed by atoms with Gasteiger partial charge in [-0.1, -0.05) is 39.3 Å². The van der Waals surface area contributed by atoms with Gasteiger partial charge in [-0.2, -0.15) is 0 Å². The van der Waals surface area contributed by atoms with Gasteiger partial charge in [-0.3, -0.25) is 0 Å². The Bertz CT molecular complexity index is 306. The zero-order chi connectivity index (χ0) is 15.2. The van der Waals surface area contributed by atoms with Gasteiger partial charge in [-0.05, 0) is 25.7 Å². The molecule has 0 aromatic carbocycles. The zero-order valence-electron chi connectivity index (χ0n) is 12.4. The second kappa shape index (κ2) is 12.5. The van der Waals surface area contributed by atoms with Crippen molar-refractivity contribution in [1.29, 1.82) is 0 Å².